The highest BCUT2D eigenvalue weighted by Crippen LogP contribution is 2.34. The SMILES string of the molecule is CC1CC(=O)N(C2CC(C)(C)NC(C)(C)C2)C1=O. The van der Waals surface area contributed by atoms with Gasteiger partial charge in [-0.05, 0) is 40.5 Å². The monoisotopic (exact) mass is 252 g/mol. The molecule has 0 radical (unpaired) electrons. The first-order chi connectivity index (χ1) is 8.11. The van der Waals surface area contributed by atoms with Crippen molar-refractivity contribution >= 4 is 11.8 Å². The molecule has 18 heavy (non-hydrogen) atoms. The van der Waals surface area contributed by atoms with Crippen LogP contribution in [-0.4, -0.2) is 33.8 Å². The van der Waals surface area contributed by atoms with E-state index in [0.717, 1.165) is 12.8 Å². The van der Waals surface area contributed by atoms with Crippen molar-refractivity contribution in [2.24, 2.45) is 5.92 Å². The summed E-state index contributed by atoms with van der Waals surface area (Å²) in [5.74, 6) is -0.122. The summed E-state index contributed by atoms with van der Waals surface area (Å²) in [6.07, 6.45) is 2.05. The highest BCUT2D eigenvalue weighted by atomic mass is 16.2. The van der Waals surface area contributed by atoms with Crippen molar-refractivity contribution in [1.29, 1.82) is 0 Å². The maximum absolute atomic E-state index is 12.1. The minimum Gasteiger partial charge on any atom is -0.307 e. The summed E-state index contributed by atoms with van der Waals surface area (Å²) in [6.45, 7) is 10.4. The van der Waals surface area contributed by atoms with Crippen LogP contribution in [-0.2, 0) is 9.59 Å². The number of piperidine rings is 1. The molecule has 1 N–H and O–H groups in total. The van der Waals surface area contributed by atoms with E-state index in [0.29, 0.717) is 6.42 Å². The Morgan fingerprint density at radius 2 is 1.61 bits per heavy atom. The van der Waals surface area contributed by atoms with Crippen molar-refractivity contribution in [2.75, 3.05) is 0 Å². The average Bonchev–Trinajstić information content (AvgIpc) is 2.35. The number of carbonyl (C=O) groups excluding carboxylic acids is 2. The van der Waals surface area contributed by atoms with Gasteiger partial charge in [0.05, 0.1) is 0 Å². The number of likely N-dealkylation sites (tertiary alicyclic amines) is 1. The van der Waals surface area contributed by atoms with E-state index in [2.05, 4.69) is 33.0 Å². The summed E-state index contributed by atoms with van der Waals surface area (Å²) in [4.78, 5) is 25.7. The molecular weight excluding hydrogens is 228 g/mol. The molecule has 2 heterocycles. The number of nitrogens with one attached hydrogen (secondary N) is 1. The smallest absolute Gasteiger partial charge is 0.232 e. The summed E-state index contributed by atoms with van der Waals surface area (Å²) in [6, 6.07) is 0.0428. The predicted molar refractivity (Wildman–Crippen MR) is 69.9 cm³/mol. The van der Waals surface area contributed by atoms with Crippen LogP contribution >= 0.6 is 0 Å². The molecule has 4 nitrogen and oxygen atoms in total. The van der Waals surface area contributed by atoms with E-state index in [4.69, 9.17) is 0 Å². The van der Waals surface area contributed by atoms with Crippen molar-refractivity contribution in [3.05, 3.63) is 0 Å². The van der Waals surface area contributed by atoms with Crippen molar-refractivity contribution in [3.8, 4) is 0 Å². The highest BCUT2D eigenvalue weighted by molar-refractivity contribution is 6.03. The molecule has 2 aliphatic heterocycles. The Balaban J connectivity index is 2.23. The van der Waals surface area contributed by atoms with Crippen LogP contribution in [0.3, 0.4) is 0 Å². The van der Waals surface area contributed by atoms with Gasteiger partial charge in [-0.15, -0.1) is 0 Å². The van der Waals surface area contributed by atoms with Crippen molar-refractivity contribution < 1.29 is 9.59 Å². The molecule has 0 bridgehead atoms. The number of hydrogen-bond acceptors (Lipinski definition) is 3. The van der Waals surface area contributed by atoms with E-state index in [9.17, 15) is 9.59 Å². The van der Waals surface area contributed by atoms with Crippen molar-refractivity contribution in [2.45, 2.75) is 71.0 Å². The summed E-state index contributed by atoms with van der Waals surface area (Å²) in [5, 5.41) is 3.58. The van der Waals surface area contributed by atoms with Crippen LogP contribution in [0.1, 0.15) is 53.9 Å². The van der Waals surface area contributed by atoms with Crippen molar-refractivity contribution in [3.63, 3.8) is 0 Å². The Kier molecular flexibility index (Phi) is 3.05. The minimum absolute atomic E-state index is 0.00556. The van der Waals surface area contributed by atoms with Gasteiger partial charge in [-0.25, -0.2) is 0 Å². The van der Waals surface area contributed by atoms with Gasteiger partial charge in [0.2, 0.25) is 11.8 Å². The van der Waals surface area contributed by atoms with E-state index < -0.39 is 0 Å². The number of rotatable bonds is 1. The lowest BCUT2D eigenvalue weighted by atomic mass is 9.79. The van der Waals surface area contributed by atoms with Gasteiger partial charge in [-0.3, -0.25) is 14.5 Å². The first-order valence-electron chi connectivity index (χ1n) is 6.77. The van der Waals surface area contributed by atoms with Gasteiger partial charge in [-0.2, -0.15) is 0 Å². The van der Waals surface area contributed by atoms with Crippen LogP contribution in [0, 0.1) is 5.92 Å². The zero-order valence-corrected chi connectivity index (χ0v) is 12.0. The maximum atomic E-state index is 12.1. The van der Waals surface area contributed by atoms with Gasteiger partial charge < -0.3 is 5.32 Å². The highest BCUT2D eigenvalue weighted by Gasteiger charge is 2.46. The third-order valence-corrected chi connectivity index (χ3v) is 3.94. The molecule has 2 aliphatic rings. The van der Waals surface area contributed by atoms with Gasteiger partial charge in [0.25, 0.3) is 0 Å². The zero-order valence-electron chi connectivity index (χ0n) is 12.0. The topological polar surface area (TPSA) is 49.4 Å². The molecule has 2 amide bonds. The van der Waals surface area contributed by atoms with E-state index in [1.165, 1.54) is 4.90 Å². The molecule has 1 atom stereocenters. The lowest BCUT2D eigenvalue weighted by Crippen LogP contribution is -2.62. The predicted octanol–water partition coefficient (Wildman–Crippen LogP) is 1.69. The lowest BCUT2D eigenvalue weighted by molar-refractivity contribution is -0.143. The Hall–Kier alpha value is -0.900. The average molecular weight is 252 g/mol. The first kappa shape index (κ1) is 13.5. The second-order valence-electron chi connectivity index (χ2n) is 7.16. The Bertz CT molecular complexity index is 371. The van der Waals surface area contributed by atoms with Gasteiger partial charge in [0, 0.05) is 29.5 Å². The normalized spacial score (nSPS) is 32.1. The second-order valence-corrected chi connectivity index (χ2v) is 7.16. The van der Waals surface area contributed by atoms with Crippen LogP contribution in [0.4, 0.5) is 0 Å². The van der Waals surface area contributed by atoms with Gasteiger partial charge in [0.15, 0.2) is 0 Å². The molecule has 2 fully saturated rings. The maximum Gasteiger partial charge on any atom is 0.232 e. The molecular formula is C14H24N2O2. The van der Waals surface area contributed by atoms with E-state index >= 15 is 0 Å². The van der Waals surface area contributed by atoms with Gasteiger partial charge in [0.1, 0.15) is 0 Å². The quantitative estimate of drug-likeness (QED) is 0.723. The van der Waals surface area contributed by atoms with Crippen LogP contribution in [0.25, 0.3) is 0 Å². The van der Waals surface area contributed by atoms with Crippen LogP contribution in [0.5, 0.6) is 0 Å². The molecule has 0 aromatic heterocycles. The van der Waals surface area contributed by atoms with E-state index in [-0.39, 0.29) is 34.9 Å². The zero-order chi connectivity index (χ0) is 13.7. The number of nitrogens with zero attached hydrogens (tertiary/aromatic N) is 1. The van der Waals surface area contributed by atoms with Crippen LogP contribution in [0.15, 0.2) is 0 Å². The third-order valence-electron chi connectivity index (χ3n) is 3.94. The van der Waals surface area contributed by atoms with E-state index in [1.807, 2.05) is 6.92 Å². The number of carbonyl (C=O) groups is 2. The number of hydrogen-bond donors (Lipinski definition) is 1. The largest absolute Gasteiger partial charge is 0.307 e. The number of amides is 2. The summed E-state index contributed by atoms with van der Waals surface area (Å²) >= 11 is 0. The molecule has 0 aromatic rings. The summed E-state index contributed by atoms with van der Waals surface area (Å²) in [5.41, 5.74) is -0.0857. The minimum atomic E-state index is -0.140. The van der Waals surface area contributed by atoms with Gasteiger partial charge in [-0.1, -0.05) is 6.92 Å². The Morgan fingerprint density at radius 1 is 1.11 bits per heavy atom. The van der Waals surface area contributed by atoms with E-state index in [1.54, 1.807) is 0 Å². The summed E-state index contributed by atoms with van der Waals surface area (Å²) < 4.78 is 0. The first-order valence-corrected chi connectivity index (χ1v) is 6.77. The lowest BCUT2D eigenvalue weighted by Gasteiger charge is -2.48. The molecule has 2 rings (SSSR count). The Morgan fingerprint density at radius 3 is 2.00 bits per heavy atom. The fraction of sp³-hybridized carbons (Fsp3) is 0.857. The summed E-state index contributed by atoms with van der Waals surface area (Å²) in [7, 11) is 0. The molecule has 2 saturated heterocycles. The molecule has 4 heteroatoms. The Labute approximate surface area is 109 Å². The van der Waals surface area contributed by atoms with Crippen LogP contribution < -0.4 is 5.32 Å². The molecule has 0 saturated carbocycles. The van der Waals surface area contributed by atoms with Crippen molar-refractivity contribution in [1.82, 2.24) is 10.2 Å². The standard InChI is InChI=1S/C14H24N2O2/c1-9-6-11(17)16(12(9)18)10-7-13(2,3)15-14(4,5)8-10/h9-10,15H,6-8H2,1-5H3. The third kappa shape index (κ3) is 2.44. The number of imide groups is 1. The van der Waals surface area contributed by atoms with Crippen LogP contribution in [0.2, 0.25) is 0 Å². The molecule has 1 unspecified atom stereocenters. The molecule has 0 aliphatic carbocycles. The molecule has 0 aromatic carbocycles. The van der Waals surface area contributed by atoms with Gasteiger partial charge >= 0.3 is 0 Å². The fourth-order valence-electron chi connectivity index (χ4n) is 3.64. The fourth-order valence-corrected chi connectivity index (χ4v) is 3.64. The molecule has 102 valence electrons. The second kappa shape index (κ2) is 4.05. The molecule has 0 spiro atoms.